The van der Waals surface area contributed by atoms with Gasteiger partial charge in [-0.2, -0.15) is 0 Å². The number of halogens is 1. The Balaban J connectivity index is 1.69. The normalized spacial score (nSPS) is 27.9. The molecule has 2 N–H and O–H groups in total. The molecule has 1 aromatic heterocycles. The van der Waals surface area contributed by atoms with Crippen LogP contribution >= 0.6 is 0 Å². The number of hydrogen-bond donors (Lipinski definition) is 1. The van der Waals surface area contributed by atoms with Crippen LogP contribution in [-0.4, -0.2) is 48.9 Å². The molecule has 3 heterocycles. The van der Waals surface area contributed by atoms with Crippen molar-refractivity contribution in [1.29, 1.82) is 0 Å². The molecule has 0 aliphatic carbocycles. The maximum absolute atomic E-state index is 15.1. The number of nitrogens with two attached hydrogens (primary N) is 1. The third-order valence-corrected chi connectivity index (χ3v) is 10.2. The van der Waals surface area contributed by atoms with Gasteiger partial charge < -0.3 is 10.5 Å². The number of aromatic nitrogens is 2. The van der Waals surface area contributed by atoms with Gasteiger partial charge in [0.05, 0.1) is 34.0 Å². The predicted molar refractivity (Wildman–Crippen MR) is 125 cm³/mol. The smallest absolute Gasteiger partial charge is 0.232 e. The number of ketones is 1. The second-order valence-corrected chi connectivity index (χ2v) is 11.9. The Hall–Kier alpha value is -2.88. The zero-order chi connectivity index (χ0) is 24.0. The number of aliphatic imine (C=N–C) groups is 1. The summed E-state index contributed by atoms with van der Waals surface area (Å²) in [5.41, 5.74) is 6.14. The number of rotatable bonds is 6. The summed E-state index contributed by atoms with van der Waals surface area (Å²) in [7, 11) is -2.78. The molecule has 0 radical (unpaired) electrons. The number of hydrogen-bond acceptors (Lipinski definition) is 8. The van der Waals surface area contributed by atoms with Gasteiger partial charge in [-0.05, 0) is 51.8 Å². The number of ether oxygens (including phenoxy) is 1. The van der Waals surface area contributed by atoms with Gasteiger partial charge in [0.15, 0.2) is 5.78 Å². The molecule has 2 aromatic rings. The van der Waals surface area contributed by atoms with Gasteiger partial charge in [-0.15, -0.1) is 0 Å². The van der Waals surface area contributed by atoms with E-state index in [1.807, 2.05) is 6.92 Å². The minimum Gasteiger partial charge on any atom is -0.477 e. The van der Waals surface area contributed by atoms with Crippen LogP contribution in [0.1, 0.15) is 55.7 Å². The van der Waals surface area contributed by atoms with Crippen molar-refractivity contribution in [2.75, 3.05) is 13.2 Å². The number of carbonyl (C=O) groups is 1. The first-order valence-electron chi connectivity index (χ1n) is 10.9. The first kappa shape index (κ1) is 23.3. The van der Waals surface area contributed by atoms with E-state index in [-0.39, 0.29) is 29.3 Å². The SMILES string of the molecule is CCOc1cnc(C(=O)Cc2ccc(F)c([C@@]3(C)N=C(N)C(C)(C)[S@@]4(=O)=NCC[C@@H]34)c2)cn1. The van der Waals surface area contributed by atoms with Crippen molar-refractivity contribution < 1.29 is 18.1 Å². The largest absolute Gasteiger partial charge is 0.477 e. The minimum atomic E-state index is -2.78. The molecule has 2 aliphatic rings. The van der Waals surface area contributed by atoms with Crippen molar-refractivity contribution in [3.8, 4) is 5.88 Å². The van der Waals surface area contributed by atoms with Crippen molar-refractivity contribution in [2.24, 2.45) is 15.1 Å². The van der Waals surface area contributed by atoms with E-state index in [0.717, 1.165) is 0 Å². The van der Waals surface area contributed by atoms with Crippen molar-refractivity contribution in [3.63, 3.8) is 0 Å². The highest BCUT2D eigenvalue weighted by Crippen LogP contribution is 2.47. The Morgan fingerprint density at radius 1 is 1.27 bits per heavy atom. The molecule has 33 heavy (non-hydrogen) atoms. The number of amidine groups is 1. The predicted octanol–water partition coefficient (Wildman–Crippen LogP) is 3.04. The van der Waals surface area contributed by atoms with Crippen molar-refractivity contribution in [1.82, 2.24) is 9.97 Å². The van der Waals surface area contributed by atoms with Crippen molar-refractivity contribution in [3.05, 3.63) is 53.2 Å². The summed E-state index contributed by atoms with van der Waals surface area (Å²) in [6.07, 6.45) is 3.29. The third kappa shape index (κ3) is 3.70. The minimum absolute atomic E-state index is 0.00112. The van der Waals surface area contributed by atoms with E-state index in [1.54, 1.807) is 32.9 Å². The Morgan fingerprint density at radius 2 is 2.03 bits per heavy atom. The van der Waals surface area contributed by atoms with Gasteiger partial charge in [-0.1, -0.05) is 6.07 Å². The molecule has 0 bridgehead atoms. The van der Waals surface area contributed by atoms with Gasteiger partial charge in [0.1, 0.15) is 27.6 Å². The molecule has 8 nitrogen and oxygen atoms in total. The van der Waals surface area contributed by atoms with Gasteiger partial charge in [-0.3, -0.25) is 9.79 Å². The Labute approximate surface area is 193 Å². The fourth-order valence-electron chi connectivity index (χ4n) is 4.53. The van der Waals surface area contributed by atoms with Crippen LogP contribution in [-0.2, 0) is 21.7 Å². The molecule has 0 spiro atoms. The highest BCUT2D eigenvalue weighted by molar-refractivity contribution is 7.96. The molecule has 10 heteroatoms. The van der Waals surface area contributed by atoms with Crippen molar-refractivity contribution >= 4 is 21.3 Å². The number of carbonyl (C=O) groups excluding carboxylic acids is 1. The van der Waals surface area contributed by atoms with E-state index in [1.165, 1.54) is 18.5 Å². The van der Waals surface area contributed by atoms with E-state index in [9.17, 15) is 9.00 Å². The van der Waals surface area contributed by atoms with E-state index in [4.69, 9.17) is 10.5 Å². The topological polar surface area (TPSA) is 120 Å². The van der Waals surface area contributed by atoms with Crippen LogP contribution in [0.4, 0.5) is 4.39 Å². The van der Waals surface area contributed by atoms with Gasteiger partial charge >= 0.3 is 0 Å². The highest BCUT2D eigenvalue weighted by Gasteiger charge is 2.56. The average molecular weight is 474 g/mol. The van der Waals surface area contributed by atoms with Crippen LogP contribution in [0.2, 0.25) is 0 Å². The molecule has 3 atom stereocenters. The van der Waals surface area contributed by atoms with Gasteiger partial charge in [-0.25, -0.2) is 22.9 Å². The summed E-state index contributed by atoms with van der Waals surface area (Å²) in [6.45, 7) is 8.00. The van der Waals surface area contributed by atoms with Crippen LogP contribution < -0.4 is 10.5 Å². The molecule has 0 unspecified atom stereocenters. The van der Waals surface area contributed by atoms with E-state index < -0.39 is 31.1 Å². The molecule has 176 valence electrons. The molecular weight excluding hydrogens is 445 g/mol. The summed E-state index contributed by atoms with van der Waals surface area (Å²) in [4.78, 5) is 25.6. The molecule has 0 saturated carbocycles. The Kier molecular flexibility index (Phi) is 5.76. The Morgan fingerprint density at radius 3 is 2.70 bits per heavy atom. The van der Waals surface area contributed by atoms with Crippen LogP contribution in [0.3, 0.4) is 0 Å². The second kappa shape index (κ2) is 8.16. The monoisotopic (exact) mass is 473 g/mol. The summed E-state index contributed by atoms with van der Waals surface area (Å²) in [5.74, 6) is -0.213. The quantitative estimate of drug-likeness (QED) is 0.644. The molecule has 1 aromatic carbocycles. The molecule has 0 saturated heterocycles. The Bertz CT molecular complexity index is 1250. The van der Waals surface area contributed by atoms with E-state index in [0.29, 0.717) is 31.0 Å². The summed E-state index contributed by atoms with van der Waals surface area (Å²) in [5, 5.41) is -0.482. The van der Waals surface area contributed by atoms with Gasteiger partial charge in [0.25, 0.3) is 0 Å². The zero-order valence-electron chi connectivity index (χ0n) is 19.2. The third-order valence-electron chi connectivity index (χ3n) is 6.53. The van der Waals surface area contributed by atoms with E-state index >= 15 is 4.39 Å². The van der Waals surface area contributed by atoms with Crippen LogP contribution in [0.25, 0.3) is 0 Å². The number of benzene rings is 1. The summed E-state index contributed by atoms with van der Waals surface area (Å²) < 4.78 is 37.8. The van der Waals surface area contributed by atoms with Crippen LogP contribution in [0.5, 0.6) is 5.88 Å². The molecule has 0 amide bonds. The average Bonchev–Trinajstić information content (AvgIpc) is 3.19. The first-order valence-corrected chi connectivity index (χ1v) is 12.4. The number of fused-ring (bicyclic) bond motifs is 1. The lowest BCUT2D eigenvalue weighted by atomic mass is 9.84. The fraction of sp³-hybridized carbons (Fsp3) is 0.478. The maximum Gasteiger partial charge on any atom is 0.232 e. The highest BCUT2D eigenvalue weighted by atomic mass is 32.2. The molecule has 4 rings (SSSR count). The maximum atomic E-state index is 15.1. The lowest BCUT2D eigenvalue weighted by Crippen LogP contribution is -2.58. The first-order chi connectivity index (χ1) is 15.5. The lowest BCUT2D eigenvalue weighted by molar-refractivity contribution is 0.0987. The van der Waals surface area contributed by atoms with E-state index in [2.05, 4.69) is 19.3 Å². The summed E-state index contributed by atoms with van der Waals surface area (Å²) >= 11 is 0. The van der Waals surface area contributed by atoms with Crippen molar-refractivity contribution in [2.45, 2.75) is 56.1 Å². The lowest BCUT2D eigenvalue weighted by Gasteiger charge is -2.44. The number of Topliss-reactive ketones (excluding diaryl/α,β-unsaturated/α-hetero) is 1. The fourth-order valence-corrected chi connectivity index (χ4v) is 7.70. The number of nitrogens with zero attached hydrogens (tertiary/aromatic N) is 4. The standard InChI is InChI=1S/C23H28FN5O3S/c1-5-32-20-13-26-17(12-27-20)18(30)11-14-6-7-16(24)15(10-14)23(4)19-8-9-28-33(19,31)22(2,3)21(25)29-23/h6-7,10,12-13,19H,5,8-9,11H2,1-4H3,(H2,25,29)/t19-,23+,33+/m0/s1. The zero-order valence-corrected chi connectivity index (χ0v) is 20.0. The molecular formula is C23H28FN5O3S. The van der Waals surface area contributed by atoms with Crippen LogP contribution in [0, 0.1) is 5.82 Å². The van der Waals surface area contributed by atoms with Crippen LogP contribution in [0.15, 0.2) is 39.9 Å². The second-order valence-electron chi connectivity index (χ2n) is 8.94. The van der Waals surface area contributed by atoms with Gasteiger partial charge in [0, 0.05) is 18.5 Å². The molecule has 0 fully saturated rings. The molecule has 2 aliphatic heterocycles. The van der Waals surface area contributed by atoms with Gasteiger partial charge in [0.2, 0.25) is 5.88 Å². The summed E-state index contributed by atoms with van der Waals surface area (Å²) in [6, 6.07) is 4.48.